The van der Waals surface area contributed by atoms with Gasteiger partial charge in [0.05, 0.1) is 23.4 Å². The van der Waals surface area contributed by atoms with Gasteiger partial charge in [-0.15, -0.1) is 0 Å². The number of anilines is 5. The van der Waals surface area contributed by atoms with Crippen LogP contribution in [0.2, 0.25) is 0 Å². The van der Waals surface area contributed by atoms with E-state index >= 15 is 0 Å². The van der Waals surface area contributed by atoms with Crippen LogP contribution >= 0.6 is 0 Å². The molecule has 11 nitrogen and oxygen atoms in total. The fourth-order valence-corrected chi connectivity index (χ4v) is 5.15. The molecule has 1 amide bonds. The first-order valence-corrected chi connectivity index (χ1v) is 15.2. The first-order valence-electron chi connectivity index (χ1n) is 13.1. The summed E-state index contributed by atoms with van der Waals surface area (Å²) in [4.78, 5) is 28.0. The molecule has 5 rings (SSSR count). The van der Waals surface area contributed by atoms with E-state index < -0.39 is 9.84 Å². The third kappa shape index (κ3) is 7.28. The molecule has 0 atom stereocenters. The minimum atomic E-state index is -3.10. The first-order chi connectivity index (χ1) is 20.1. The molecular formula is C30H31N7O4S. The highest BCUT2D eigenvalue weighted by molar-refractivity contribution is 7.89. The fraction of sp³-hybridized carbons (Fsp3) is 0.200. The van der Waals surface area contributed by atoms with Gasteiger partial charge in [0.2, 0.25) is 11.9 Å². The van der Waals surface area contributed by atoms with E-state index in [0.717, 1.165) is 22.5 Å². The van der Waals surface area contributed by atoms with Crippen molar-refractivity contribution in [1.82, 2.24) is 19.5 Å². The van der Waals surface area contributed by atoms with Crippen LogP contribution in [-0.2, 0) is 38.8 Å². The Labute approximate surface area is 244 Å². The van der Waals surface area contributed by atoms with Crippen molar-refractivity contribution in [3.05, 3.63) is 96.2 Å². The molecule has 0 saturated heterocycles. The molecule has 0 aliphatic carbocycles. The standard InChI is InChI=1S/C30H31N7O4S/c1-36(27-15-16-31-29(34-27)32-23-11-9-22(10-12-23)20-42(3,39)40)24-13-14-26-25(17-24)33-30(37(26)2)35-28(38)19-41-18-21-7-5-4-6-8-21/h4-17H,18-20H2,1-3H3,(H,31,32,34)(H,33,35,38). The number of fused-ring (bicyclic) bond motifs is 1. The number of sulfone groups is 1. The maximum absolute atomic E-state index is 12.5. The van der Waals surface area contributed by atoms with Crippen molar-refractivity contribution in [3.63, 3.8) is 0 Å². The zero-order valence-corrected chi connectivity index (χ0v) is 24.3. The van der Waals surface area contributed by atoms with Crippen LogP contribution in [0.1, 0.15) is 11.1 Å². The van der Waals surface area contributed by atoms with Crippen molar-refractivity contribution in [2.45, 2.75) is 12.4 Å². The predicted octanol–water partition coefficient (Wildman–Crippen LogP) is 4.57. The molecule has 0 spiro atoms. The molecule has 0 unspecified atom stereocenters. The molecule has 2 heterocycles. The zero-order chi connectivity index (χ0) is 29.7. The number of amides is 1. The first kappa shape index (κ1) is 28.7. The van der Waals surface area contributed by atoms with E-state index in [1.807, 2.05) is 72.1 Å². The van der Waals surface area contributed by atoms with E-state index in [9.17, 15) is 13.2 Å². The third-order valence-corrected chi connectivity index (χ3v) is 7.33. The van der Waals surface area contributed by atoms with Gasteiger partial charge in [0, 0.05) is 37.9 Å². The molecule has 0 aliphatic rings. The summed E-state index contributed by atoms with van der Waals surface area (Å²) in [6.45, 7) is 0.269. The monoisotopic (exact) mass is 585 g/mol. The van der Waals surface area contributed by atoms with Crippen LogP contribution < -0.4 is 15.5 Å². The number of imidazole rings is 1. The maximum atomic E-state index is 12.5. The highest BCUT2D eigenvalue weighted by Gasteiger charge is 2.14. The summed E-state index contributed by atoms with van der Waals surface area (Å²) in [5.41, 5.74) is 4.86. The van der Waals surface area contributed by atoms with Crippen molar-refractivity contribution in [3.8, 4) is 0 Å². The van der Waals surface area contributed by atoms with E-state index in [-0.39, 0.29) is 18.3 Å². The number of nitrogens with zero attached hydrogens (tertiary/aromatic N) is 5. The van der Waals surface area contributed by atoms with Gasteiger partial charge >= 0.3 is 0 Å². The molecule has 0 bridgehead atoms. The Morgan fingerprint density at radius 2 is 1.74 bits per heavy atom. The Morgan fingerprint density at radius 3 is 2.48 bits per heavy atom. The Bertz CT molecular complexity index is 1810. The molecule has 216 valence electrons. The second kappa shape index (κ2) is 12.4. The summed E-state index contributed by atoms with van der Waals surface area (Å²) in [6.07, 6.45) is 2.87. The van der Waals surface area contributed by atoms with Gasteiger partial charge < -0.3 is 19.5 Å². The molecule has 42 heavy (non-hydrogen) atoms. The second-order valence-corrected chi connectivity index (χ2v) is 12.0. The van der Waals surface area contributed by atoms with Crippen LogP contribution in [0.15, 0.2) is 85.1 Å². The van der Waals surface area contributed by atoms with Crippen LogP contribution in [0.3, 0.4) is 0 Å². The SMILES string of the molecule is CN(c1ccc2c(c1)nc(NC(=O)COCc1ccccc1)n2C)c1ccnc(Nc2ccc(CS(C)(=O)=O)cc2)n1. The Kier molecular flexibility index (Phi) is 8.46. The van der Waals surface area contributed by atoms with Gasteiger partial charge in [-0.3, -0.25) is 10.1 Å². The van der Waals surface area contributed by atoms with Crippen LogP contribution in [-0.4, -0.2) is 53.8 Å². The summed E-state index contributed by atoms with van der Waals surface area (Å²) >= 11 is 0. The van der Waals surface area contributed by atoms with E-state index in [2.05, 4.69) is 25.6 Å². The Hall–Kier alpha value is -4.81. The van der Waals surface area contributed by atoms with Gasteiger partial charge in [0.15, 0.2) is 9.84 Å². The Balaban J connectivity index is 1.24. The number of carbonyl (C=O) groups excluding carboxylic acids is 1. The quantitative estimate of drug-likeness (QED) is 0.229. The molecule has 0 fully saturated rings. The van der Waals surface area contributed by atoms with Crippen LogP contribution in [0, 0.1) is 0 Å². The number of hydrogen-bond acceptors (Lipinski definition) is 9. The normalized spacial score (nSPS) is 11.4. The average molecular weight is 586 g/mol. The molecule has 3 aromatic carbocycles. The average Bonchev–Trinajstić information content (AvgIpc) is 3.27. The van der Waals surface area contributed by atoms with Gasteiger partial charge in [0.1, 0.15) is 12.4 Å². The lowest BCUT2D eigenvalue weighted by Crippen LogP contribution is -2.20. The van der Waals surface area contributed by atoms with E-state index in [1.54, 1.807) is 36.5 Å². The van der Waals surface area contributed by atoms with Gasteiger partial charge in [-0.2, -0.15) is 4.98 Å². The van der Waals surface area contributed by atoms with Crippen molar-refractivity contribution < 1.29 is 17.9 Å². The predicted molar refractivity (Wildman–Crippen MR) is 164 cm³/mol. The van der Waals surface area contributed by atoms with Crippen molar-refractivity contribution in [2.24, 2.45) is 7.05 Å². The topological polar surface area (TPSA) is 131 Å². The summed E-state index contributed by atoms with van der Waals surface area (Å²) in [6, 6.07) is 24.4. The summed E-state index contributed by atoms with van der Waals surface area (Å²) in [5.74, 6) is 1.18. The van der Waals surface area contributed by atoms with Crippen LogP contribution in [0.4, 0.5) is 29.1 Å². The smallest absolute Gasteiger partial charge is 0.252 e. The van der Waals surface area contributed by atoms with Gasteiger partial charge in [-0.25, -0.2) is 18.4 Å². The molecule has 2 N–H and O–H groups in total. The molecule has 0 saturated carbocycles. The molecule has 5 aromatic rings. The van der Waals surface area contributed by atoms with Gasteiger partial charge in [-0.05, 0) is 47.5 Å². The number of ether oxygens (including phenoxy) is 1. The number of nitrogens with one attached hydrogen (secondary N) is 2. The minimum Gasteiger partial charge on any atom is -0.367 e. The molecular weight excluding hydrogens is 554 g/mol. The summed E-state index contributed by atoms with van der Waals surface area (Å²) in [7, 11) is 0.631. The lowest BCUT2D eigenvalue weighted by atomic mass is 10.2. The van der Waals surface area contributed by atoms with E-state index in [0.29, 0.717) is 35.4 Å². The number of hydrogen-bond donors (Lipinski definition) is 2. The Morgan fingerprint density at radius 1 is 0.976 bits per heavy atom. The summed E-state index contributed by atoms with van der Waals surface area (Å²) < 4.78 is 30.4. The molecule has 0 aliphatic heterocycles. The van der Waals surface area contributed by atoms with E-state index in [4.69, 9.17) is 4.74 Å². The largest absolute Gasteiger partial charge is 0.367 e. The number of aryl methyl sites for hydroxylation is 1. The van der Waals surface area contributed by atoms with E-state index in [1.165, 1.54) is 6.26 Å². The molecule has 12 heteroatoms. The second-order valence-electron chi connectivity index (χ2n) is 9.88. The number of aromatic nitrogens is 4. The summed E-state index contributed by atoms with van der Waals surface area (Å²) in [5, 5.41) is 5.99. The highest BCUT2D eigenvalue weighted by atomic mass is 32.2. The lowest BCUT2D eigenvalue weighted by Gasteiger charge is -2.19. The van der Waals surface area contributed by atoms with Crippen molar-refractivity contribution in [1.29, 1.82) is 0 Å². The maximum Gasteiger partial charge on any atom is 0.252 e. The van der Waals surface area contributed by atoms with Crippen LogP contribution in [0.25, 0.3) is 11.0 Å². The van der Waals surface area contributed by atoms with Gasteiger partial charge in [-0.1, -0.05) is 42.5 Å². The number of rotatable bonds is 11. The lowest BCUT2D eigenvalue weighted by molar-refractivity contribution is -0.121. The van der Waals surface area contributed by atoms with Crippen molar-refractivity contribution >= 4 is 55.9 Å². The zero-order valence-electron chi connectivity index (χ0n) is 23.5. The van der Waals surface area contributed by atoms with Crippen molar-refractivity contribution in [2.75, 3.05) is 35.4 Å². The van der Waals surface area contributed by atoms with Crippen LogP contribution in [0.5, 0.6) is 0 Å². The highest BCUT2D eigenvalue weighted by Crippen LogP contribution is 2.28. The fourth-order valence-electron chi connectivity index (χ4n) is 4.35. The third-order valence-electron chi connectivity index (χ3n) is 6.47. The number of benzene rings is 3. The van der Waals surface area contributed by atoms with Gasteiger partial charge in [0.25, 0.3) is 5.91 Å². The molecule has 0 radical (unpaired) electrons. The minimum absolute atomic E-state index is 0.0122. The number of carbonyl (C=O) groups is 1. The molecule has 2 aromatic heterocycles.